The lowest BCUT2D eigenvalue weighted by Crippen LogP contribution is -2.47. The normalized spacial score (nSPS) is 20.0. The smallest absolute Gasteiger partial charge is 0.306 e. The van der Waals surface area contributed by atoms with Crippen LogP contribution in [-0.2, 0) is 14.3 Å². The molecular formula is C16H21NO4. The van der Waals surface area contributed by atoms with Gasteiger partial charge in [-0.1, -0.05) is 37.3 Å². The summed E-state index contributed by atoms with van der Waals surface area (Å²) in [6.45, 7) is 3.27. The molecule has 1 aliphatic heterocycles. The number of carboxylic acid groups (broad SMARTS) is 1. The highest BCUT2D eigenvalue weighted by Gasteiger charge is 2.30. The van der Waals surface area contributed by atoms with Gasteiger partial charge in [0.15, 0.2) is 0 Å². The lowest BCUT2D eigenvalue weighted by Gasteiger charge is -2.34. The SMILES string of the molecule is CCC(C(=O)N1CCOC(CC(=O)O)C1)c1ccccc1. The van der Waals surface area contributed by atoms with Gasteiger partial charge in [-0.05, 0) is 12.0 Å². The molecule has 0 aromatic heterocycles. The lowest BCUT2D eigenvalue weighted by molar-refractivity contribution is -0.148. The van der Waals surface area contributed by atoms with Crippen LogP contribution in [0, 0.1) is 0 Å². The van der Waals surface area contributed by atoms with Crippen LogP contribution in [0.4, 0.5) is 0 Å². The molecule has 2 atom stereocenters. The third kappa shape index (κ3) is 4.04. The monoisotopic (exact) mass is 291 g/mol. The minimum atomic E-state index is -0.899. The van der Waals surface area contributed by atoms with Crippen LogP contribution in [0.1, 0.15) is 31.2 Å². The third-order valence-electron chi connectivity index (χ3n) is 3.76. The summed E-state index contributed by atoms with van der Waals surface area (Å²) >= 11 is 0. The van der Waals surface area contributed by atoms with Gasteiger partial charge < -0.3 is 14.7 Å². The fraction of sp³-hybridized carbons (Fsp3) is 0.500. The number of aliphatic carboxylic acids is 1. The molecule has 1 aromatic carbocycles. The number of amides is 1. The zero-order valence-electron chi connectivity index (χ0n) is 12.2. The van der Waals surface area contributed by atoms with E-state index in [1.807, 2.05) is 37.3 Å². The van der Waals surface area contributed by atoms with Crippen molar-refractivity contribution >= 4 is 11.9 Å². The average Bonchev–Trinajstić information content (AvgIpc) is 2.48. The second-order valence-corrected chi connectivity index (χ2v) is 5.25. The van der Waals surface area contributed by atoms with E-state index in [0.717, 1.165) is 12.0 Å². The Kier molecular flexibility index (Phi) is 5.33. The van der Waals surface area contributed by atoms with Crippen LogP contribution in [0.3, 0.4) is 0 Å². The molecule has 2 rings (SSSR count). The van der Waals surface area contributed by atoms with E-state index in [0.29, 0.717) is 19.7 Å². The molecule has 1 aromatic rings. The van der Waals surface area contributed by atoms with E-state index in [9.17, 15) is 9.59 Å². The number of carbonyl (C=O) groups excluding carboxylic acids is 1. The Morgan fingerprint density at radius 1 is 1.38 bits per heavy atom. The van der Waals surface area contributed by atoms with Crippen molar-refractivity contribution in [2.75, 3.05) is 19.7 Å². The molecular weight excluding hydrogens is 270 g/mol. The van der Waals surface area contributed by atoms with E-state index < -0.39 is 12.1 Å². The lowest BCUT2D eigenvalue weighted by atomic mass is 9.94. The second-order valence-electron chi connectivity index (χ2n) is 5.25. The third-order valence-corrected chi connectivity index (χ3v) is 3.76. The van der Waals surface area contributed by atoms with Gasteiger partial charge in [-0.25, -0.2) is 0 Å². The van der Waals surface area contributed by atoms with Crippen LogP contribution in [0.15, 0.2) is 30.3 Å². The molecule has 1 amide bonds. The Hall–Kier alpha value is -1.88. The Morgan fingerprint density at radius 2 is 2.10 bits per heavy atom. The Morgan fingerprint density at radius 3 is 2.71 bits per heavy atom. The first-order valence-electron chi connectivity index (χ1n) is 7.29. The van der Waals surface area contributed by atoms with Gasteiger partial charge in [-0.15, -0.1) is 0 Å². The maximum atomic E-state index is 12.7. The van der Waals surface area contributed by atoms with Gasteiger partial charge in [0.25, 0.3) is 0 Å². The van der Waals surface area contributed by atoms with Crippen molar-refractivity contribution in [2.45, 2.75) is 31.8 Å². The largest absolute Gasteiger partial charge is 0.481 e. The summed E-state index contributed by atoms with van der Waals surface area (Å²) in [6.07, 6.45) is 0.254. The maximum absolute atomic E-state index is 12.7. The number of ether oxygens (including phenoxy) is 1. The first kappa shape index (κ1) is 15.5. The van der Waals surface area contributed by atoms with Crippen LogP contribution in [0.5, 0.6) is 0 Å². The van der Waals surface area contributed by atoms with Crippen LogP contribution >= 0.6 is 0 Å². The second kappa shape index (κ2) is 7.22. The van der Waals surface area contributed by atoms with Crippen LogP contribution < -0.4 is 0 Å². The molecule has 5 nitrogen and oxygen atoms in total. The van der Waals surface area contributed by atoms with Crippen molar-refractivity contribution in [1.82, 2.24) is 4.90 Å². The fourth-order valence-corrected chi connectivity index (χ4v) is 2.70. The average molecular weight is 291 g/mol. The van der Waals surface area contributed by atoms with Crippen LogP contribution in [-0.4, -0.2) is 47.7 Å². The van der Waals surface area contributed by atoms with Gasteiger partial charge in [-0.2, -0.15) is 0 Å². The summed E-state index contributed by atoms with van der Waals surface area (Å²) in [5, 5.41) is 8.84. The highest BCUT2D eigenvalue weighted by Crippen LogP contribution is 2.23. The van der Waals surface area contributed by atoms with Gasteiger partial charge >= 0.3 is 5.97 Å². The molecule has 1 saturated heterocycles. The van der Waals surface area contributed by atoms with Crippen molar-refractivity contribution in [2.24, 2.45) is 0 Å². The van der Waals surface area contributed by atoms with E-state index in [1.165, 1.54) is 0 Å². The molecule has 0 radical (unpaired) electrons. The topological polar surface area (TPSA) is 66.8 Å². The molecule has 1 aliphatic rings. The van der Waals surface area contributed by atoms with Crippen LogP contribution in [0.2, 0.25) is 0 Å². The van der Waals surface area contributed by atoms with E-state index in [4.69, 9.17) is 9.84 Å². The van der Waals surface area contributed by atoms with E-state index >= 15 is 0 Å². The molecule has 5 heteroatoms. The fourth-order valence-electron chi connectivity index (χ4n) is 2.70. The molecule has 0 aliphatic carbocycles. The molecule has 21 heavy (non-hydrogen) atoms. The van der Waals surface area contributed by atoms with Crippen molar-refractivity contribution in [1.29, 1.82) is 0 Å². The van der Waals surface area contributed by atoms with E-state index in [1.54, 1.807) is 4.90 Å². The number of hydrogen-bond acceptors (Lipinski definition) is 3. The number of carbonyl (C=O) groups is 2. The van der Waals surface area contributed by atoms with Crippen LogP contribution in [0.25, 0.3) is 0 Å². The van der Waals surface area contributed by atoms with E-state index in [-0.39, 0.29) is 18.2 Å². The van der Waals surface area contributed by atoms with E-state index in [2.05, 4.69) is 0 Å². The summed E-state index contributed by atoms with van der Waals surface area (Å²) in [7, 11) is 0. The number of rotatable bonds is 5. The quantitative estimate of drug-likeness (QED) is 0.899. The molecule has 1 fully saturated rings. The Labute approximate surface area is 124 Å². The number of benzene rings is 1. The maximum Gasteiger partial charge on any atom is 0.306 e. The molecule has 1 heterocycles. The van der Waals surface area contributed by atoms with Gasteiger partial charge in [0.05, 0.1) is 25.0 Å². The summed E-state index contributed by atoms with van der Waals surface area (Å²) in [5.74, 6) is -1.01. The number of morpholine rings is 1. The first-order valence-corrected chi connectivity index (χ1v) is 7.29. The summed E-state index contributed by atoms with van der Waals surface area (Å²) in [5.41, 5.74) is 1.01. The van der Waals surface area contributed by atoms with Gasteiger partial charge in [0, 0.05) is 13.1 Å². The summed E-state index contributed by atoms with van der Waals surface area (Å²) < 4.78 is 5.41. The molecule has 0 bridgehead atoms. The van der Waals surface area contributed by atoms with Crippen molar-refractivity contribution in [3.8, 4) is 0 Å². The zero-order chi connectivity index (χ0) is 15.2. The number of nitrogens with zero attached hydrogens (tertiary/aromatic N) is 1. The predicted octanol–water partition coefficient (Wildman–Crippen LogP) is 1.88. The molecule has 114 valence electrons. The van der Waals surface area contributed by atoms with Gasteiger partial charge in [0.1, 0.15) is 0 Å². The first-order chi connectivity index (χ1) is 10.1. The molecule has 0 spiro atoms. The predicted molar refractivity (Wildman–Crippen MR) is 78.0 cm³/mol. The number of hydrogen-bond donors (Lipinski definition) is 1. The summed E-state index contributed by atoms with van der Waals surface area (Å²) in [4.78, 5) is 25.2. The molecule has 0 saturated carbocycles. The standard InChI is InChI=1S/C16H21NO4/c1-2-14(12-6-4-3-5-7-12)16(20)17-8-9-21-13(11-17)10-15(18)19/h3-7,13-14H,2,8-11H2,1H3,(H,18,19). The number of carboxylic acids is 1. The Bertz CT molecular complexity index is 488. The zero-order valence-corrected chi connectivity index (χ0v) is 12.2. The minimum Gasteiger partial charge on any atom is -0.481 e. The van der Waals surface area contributed by atoms with Gasteiger partial charge in [-0.3, -0.25) is 9.59 Å². The molecule has 2 unspecified atom stereocenters. The highest BCUT2D eigenvalue weighted by atomic mass is 16.5. The minimum absolute atomic E-state index is 0.0578. The van der Waals surface area contributed by atoms with Crippen molar-refractivity contribution < 1.29 is 19.4 Å². The van der Waals surface area contributed by atoms with Crippen molar-refractivity contribution in [3.05, 3.63) is 35.9 Å². The van der Waals surface area contributed by atoms with Crippen molar-refractivity contribution in [3.63, 3.8) is 0 Å². The summed E-state index contributed by atoms with van der Waals surface area (Å²) in [6, 6.07) is 9.70. The molecule has 1 N–H and O–H groups in total. The highest BCUT2D eigenvalue weighted by molar-refractivity contribution is 5.84. The Balaban J connectivity index is 2.05. The van der Waals surface area contributed by atoms with Gasteiger partial charge in [0.2, 0.25) is 5.91 Å².